The fourth-order valence-corrected chi connectivity index (χ4v) is 4.72. The molecule has 6 nitrogen and oxygen atoms in total. The molecule has 0 aliphatic heterocycles. The monoisotopic (exact) mass is 515 g/mol. The molecular weight excluding hydrogens is 478 g/mol. The molecule has 0 amide bonds. The number of hydrogen-bond donors (Lipinski definition) is 0. The van der Waals surface area contributed by atoms with Crippen LogP contribution in [0.5, 0.6) is 11.5 Å². The Hall–Kier alpha value is -3.42. The van der Waals surface area contributed by atoms with Gasteiger partial charge in [0.1, 0.15) is 17.3 Å². The number of nitrogens with zero attached hydrogens (tertiary/aromatic N) is 3. The molecule has 0 spiro atoms. The van der Waals surface area contributed by atoms with Gasteiger partial charge in [-0.05, 0) is 60.0 Å². The average Bonchev–Trinajstić information content (AvgIpc) is 3.30. The van der Waals surface area contributed by atoms with E-state index in [1.165, 1.54) is 11.1 Å². The lowest BCUT2D eigenvalue weighted by Gasteiger charge is -2.15. The summed E-state index contributed by atoms with van der Waals surface area (Å²) in [6, 6.07) is 27.8. The molecule has 1 aromatic heterocycles. The Morgan fingerprint density at radius 3 is 2.14 bits per heavy atom. The van der Waals surface area contributed by atoms with Crippen LogP contribution in [0.4, 0.5) is 0 Å². The molecule has 4 rings (SSSR count). The van der Waals surface area contributed by atoms with Crippen molar-refractivity contribution in [3.05, 3.63) is 95.8 Å². The summed E-state index contributed by atoms with van der Waals surface area (Å²) in [5.74, 6) is 3.46. The van der Waals surface area contributed by atoms with Gasteiger partial charge in [0.15, 0.2) is 12.6 Å². The molecule has 0 aliphatic carbocycles. The molecule has 0 bridgehead atoms. The molecule has 3 aromatic carbocycles. The largest absolute Gasteiger partial charge is 0.497 e. The van der Waals surface area contributed by atoms with Crippen LogP contribution in [0.15, 0.2) is 78.9 Å². The molecule has 194 valence electrons. The third-order valence-corrected chi connectivity index (χ3v) is 7.93. The van der Waals surface area contributed by atoms with E-state index in [0.717, 1.165) is 54.2 Å². The van der Waals surface area contributed by atoms with Crippen molar-refractivity contribution in [2.24, 2.45) is 0 Å². The SMILES string of the molecule is COc1ccc(CCc2nnc(-c3ccc(OCOCC[Si](C)(C)C)cc3)n2Cc2ccccc2)cc1. The zero-order valence-electron chi connectivity index (χ0n) is 22.3. The number of ether oxygens (including phenoxy) is 3. The number of rotatable bonds is 13. The standard InChI is InChI=1S/C30H37N3O3Si/c1-34-27-15-10-24(11-16-27)12-19-29-31-32-30(33(29)22-25-8-6-5-7-9-25)26-13-17-28(18-14-26)36-23-35-20-21-37(2,3)4/h5-11,13-18H,12,19-23H2,1-4H3. The highest BCUT2D eigenvalue weighted by molar-refractivity contribution is 6.76. The molecule has 0 atom stereocenters. The molecule has 0 fully saturated rings. The van der Waals surface area contributed by atoms with E-state index in [9.17, 15) is 0 Å². The normalized spacial score (nSPS) is 11.5. The van der Waals surface area contributed by atoms with Gasteiger partial charge < -0.3 is 18.8 Å². The van der Waals surface area contributed by atoms with Gasteiger partial charge in [-0.1, -0.05) is 62.1 Å². The van der Waals surface area contributed by atoms with Gasteiger partial charge >= 0.3 is 0 Å². The molecule has 1 heterocycles. The van der Waals surface area contributed by atoms with E-state index in [4.69, 9.17) is 14.2 Å². The molecule has 0 radical (unpaired) electrons. The van der Waals surface area contributed by atoms with E-state index in [1.54, 1.807) is 7.11 Å². The van der Waals surface area contributed by atoms with E-state index in [2.05, 4.69) is 70.8 Å². The Balaban J connectivity index is 1.46. The molecule has 0 saturated carbocycles. The highest BCUT2D eigenvalue weighted by atomic mass is 28.3. The van der Waals surface area contributed by atoms with Crippen LogP contribution in [-0.2, 0) is 24.1 Å². The van der Waals surface area contributed by atoms with E-state index < -0.39 is 8.07 Å². The van der Waals surface area contributed by atoms with Crippen LogP contribution in [-0.4, -0.2) is 43.3 Å². The average molecular weight is 516 g/mol. The molecule has 0 aliphatic rings. The second-order valence-corrected chi connectivity index (χ2v) is 16.0. The predicted octanol–water partition coefficient (Wildman–Crippen LogP) is 6.48. The molecule has 4 aromatic rings. The molecule has 0 saturated heterocycles. The maximum Gasteiger partial charge on any atom is 0.189 e. The van der Waals surface area contributed by atoms with Crippen molar-refractivity contribution in [3.8, 4) is 22.9 Å². The lowest BCUT2D eigenvalue weighted by atomic mass is 10.1. The van der Waals surface area contributed by atoms with Gasteiger partial charge in [0.25, 0.3) is 0 Å². The van der Waals surface area contributed by atoms with Crippen LogP contribution in [0.2, 0.25) is 25.7 Å². The number of methoxy groups -OCH3 is 1. The summed E-state index contributed by atoms with van der Waals surface area (Å²) in [5.41, 5.74) is 3.46. The minimum atomic E-state index is -1.09. The lowest BCUT2D eigenvalue weighted by Crippen LogP contribution is -2.22. The van der Waals surface area contributed by atoms with Gasteiger partial charge in [-0.2, -0.15) is 0 Å². The minimum Gasteiger partial charge on any atom is -0.497 e. The maximum absolute atomic E-state index is 5.79. The fraction of sp³-hybridized carbons (Fsp3) is 0.333. The topological polar surface area (TPSA) is 58.4 Å². The lowest BCUT2D eigenvalue weighted by molar-refractivity contribution is 0.0220. The first-order chi connectivity index (χ1) is 17.9. The van der Waals surface area contributed by atoms with Crippen molar-refractivity contribution in [2.75, 3.05) is 20.5 Å². The second-order valence-electron chi connectivity index (χ2n) is 10.4. The van der Waals surface area contributed by atoms with E-state index in [0.29, 0.717) is 6.54 Å². The summed E-state index contributed by atoms with van der Waals surface area (Å²) in [6.45, 7) is 8.76. The highest BCUT2D eigenvalue weighted by Crippen LogP contribution is 2.24. The van der Waals surface area contributed by atoms with E-state index in [-0.39, 0.29) is 6.79 Å². The fourth-order valence-electron chi connectivity index (χ4n) is 3.96. The molecule has 0 unspecified atom stereocenters. The quantitative estimate of drug-likeness (QED) is 0.116. The molecule has 0 N–H and O–H groups in total. The molecule has 37 heavy (non-hydrogen) atoms. The van der Waals surface area contributed by atoms with Crippen molar-refractivity contribution in [3.63, 3.8) is 0 Å². The Morgan fingerprint density at radius 1 is 0.757 bits per heavy atom. The van der Waals surface area contributed by atoms with Crippen molar-refractivity contribution >= 4 is 8.07 Å². The van der Waals surface area contributed by atoms with Gasteiger partial charge in [-0.15, -0.1) is 10.2 Å². The van der Waals surface area contributed by atoms with Crippen molar-refractivity contribution in [1.82, 2.24) is 14.8 Å². The third kappa shape index (κ3) is 8.03. The summed E-state index contributed by atoms with van der Waals surface area (Å²) in [5, 5.41) is 9.18. The maximum atomic E-state index is 5.79. The Morgan fingerprint density at radius 2 is 1.46 bits per heavy atom. The zero-order chi connectivity index (χ0) is 26.1. The smallest absolute Gasteiger partial charge is 0.189 e. The highest BCUT2D eigenvalue weighted by Gasteiger charge is 2.15. The second kappa shape index (κ2) is 12.7. The summed E-state index contributed by atoms with van der Waals surface area (Å²) in [4.78, 5) is 0. The summed E-state index contributed by atoms with van der Waals surface area (Å²) >= 11 is 0. The molecular formula is C30H37N3O3Si. The van der Waals surface area contributed by atoms with Gasteiger partial charge in [-0.25, -0.2) is 0 Å². The van der Waals surface area contributed by atoms with Crippen molar-refractivity contribution in [2.45, 2.75) is 45.1 Å². The third-order valence-electron chi connectivity index (χ3n) is 6.23. The van der Waals surface area contributed by atoms with Crippen LogP contribution in [0, 0.1) is 0 Å². The first-order valence-electron chi connectivity index (χ1n) is 12.8. The predicted molar refractivity (Wildman–Crippen MR) is 151 cm³/mol. The summed E-state index contributed by atoms with van der Waals surface area (Å²) in [6.07, 6.45) is 1.67. The molecule has 7 heteroatoms. The first-order valence-corrected chi connectivity index (χ1v) is 16.5. The zero-order valence-corrected chi connectivity index (χ0v) is 23.3. The van der Waals surface area contributed by atoms with Crippen LogP contribution < -0.4 is 9.47 Å². The van der Waals surface area contributed by atoms with Gasteiger partial charge in [-0.3, -0.25) is 0 Å². The van der Waals surface area contributed by atoms with Gasteiger partial charge in [0, 0.05) is 26.7 Å². The number of aryl methyl sites for hydroxylation is 2. The number of aromatic nitrogens is 3. The minimum absolute atomic E-state index is 0.267. The van der Waals surface area contributed by atoms with E-state index in [1.807, 2.05) is 42.5 Å². The first kappa shape index (κ1) is 26.6. The van der Waals surface area contributed by atoms with Crippen LogP contribution in [0.3, 0.4) is 0 Å². The van der Waals surface area contributed by atoms with Crippen molar-refractivity contribution in [1.29, 1.82) is 0 Å². The van der Waals surface area contributed by atoms with Crippen LogP contribution in [0.25, 0.3) is 11.4 Å². The Kier molecular flexibility index (Phi) is 9.14. The van der Waals surface area contributed by atoms with Gasteiger partial charge in [0.2, 0.25) is 0 Å². The Bertz CT molecular complexity index is 1230. The van der Waals surface area contributed by atoms with Crippen molar-refractivity contribution < 1.29 is 14.2 Å². The number of benzene rings is 3. The Labute approximate surface area is 221 Å². The number of hydrogen-bond acceptors (Lipinski definition) is 5. The summed E-state index contributed by atoms with van der Waals surface area (Å²) in [7, 11) is 0.591. The van der Waals surface area contributed by atoms with Crippen LogP contribution in [0.1, 0.15) is 17.0 Å². The van der Waals surface area contributed by atoms with E-state index >= 15 is 0 Å². The van der Waals surface area contributed by atoms with Gasteiger partial charge in [0.05, 0.1) is 13.7 Å². The summed E-state index contributed by atoms with van der Waals surface area (Å²) < 4.78 is 19.0. The van der Waals surface area contributed by atoms with Crippen LogP contribution >= 0.6 is 0 Å².